The van der Waals surface area contributed by atoms with E-state index < -0.39 is 42.3 Å². The highest BCUT2D eigenvalue weighted by atomic mass is 16.5. The molecule has 0 aliphatic carbocycles. The number of ketones is 1. The molecular formula is C22H30N2O9. The van der Waals surface area contributed by atoms with Gasteiger partial charge in [0.05, 0.1) is 12.5 Å². The molecule has 1 aromatic carbocycles. The van der Waals surface area contributed by atoms with Crippen molar-refractivity contribution in [2.75, 3.05) is 13.1 Å². The zero-order valence-corrected chi connectivity index (χ0v) is 18.4. The Kier molecular flexibility index (Phi) is 12.2. The van der Waals surface area contributed by atoms with Gasteiger partial charge in [-0.25, -0.2) is 9.59 Å². The van der Waals surface area contributed by atoms with E-state index in [1.807, 2.05) is 6.92 Å². The van der Waals surface area contributed by atoms with Gasteiger partial charge in [-0.05, 0) is 30.5 Å². The first-order chi connectivity index (χ1) is 15.6. The molecule has 0 bridgehead atoms. The number of benzene rings is 1. The van der Waals surface area contributed by atoms with E-state index in [0.29, 0.717) is 12.1 Å². The fourth-order valence-corrected chi connectivity index (χ4v) is 2.88. The van der Waals surface area contributed by atoms with Crippen LogP contribution in [0.2, 0.25) is 0 Å². The quantitative estimate of drug-likeness (QED) is 0.163. The molecule has 5 N–H and O–H groups in total. The second-order valence-corrected chi connectivity index (χ2v) is 7.37. The molecule has 1 rings (SSSR count). The summed E-state index contributed by atoms with van der Waals surface area (Å²) >= 11 is 0. The molecule has 0 spiro atoms. The fourth-order valence-electron chi connectivity index (χ4n) is 2.88. The van der Waals surface area contributed by atoms with E-state index in [-0.39, 0.29) is 31.0 Å². The minimum atomic E-state index is -1.54. The lowest BCUT2D eigenvalue weighted by Gasteiger charge is -2.19. The summed E-state index contributed by atoms with van der Waals surface area (Å²) in [7, 11) is 0. The van der Waals surface area contributed by atoms with Crippen molar-refractivity contribution >= 4 is 29.6 Å². The Labute approximate surface area is 191 Å². The first-order valence-corrected chi connectivity index (χ1v) is 10.6. The predicted octanol–water partition coefficient (Wildman–Crippen LogP) is 0.844. The van der Waals surface area contributed by atoms with Crippen molar-refractivity contribution in [1.82, 2.24) is 10.6 Å². The predicted molar refractivity (Wildman–Crippen MR) is 116 cm³/mol. The summed E-state index contributed by atoms with van der Waals surface area (Å²) in [6.07, 6.45) is 0.504. The smallest absolute Gasteiger partial charge is 0.372 e. The van der Waals surface area contributed by atoms with E-state index in [2.05, 4.69) is 10.6 Å². The summed E-state index contributed by atoms with van der Waals surface area (Å²) in [6.45, 7) is 2.54. The number of aliphatic carboxylic acids is 3. The molecule has 33 heavy (non-hydrogen) atoms. The monoisotopic (exact) mass is 466 g/mol. The first-order valence-electron chi connectivity index (χ1n) is 10.6. The number of Topliss-reactive ketones (excluding diaryl/α,β-unsaturated/α-hetero) is 1. The lowest BCUT2D eigenvalue weighted by molar-refractivity contribution is -0.151. The van der Waals surface area contributed by atoms with Crippen molar-refractivity contribution in [3.8, 4) is 5.75 Å². The van der Waals surface area contributed by atoms with Crippen molar-refractivity contribution in [3.05, 3.63) is 29.8 Å². The van der Waals surface area contributed by atoms with Crippen LogP contribution in [-0.4, -0.2) is 70.2 Å². The number of carboxylic acids is 3. The maximum Gasteiger partial charge on any atom is 0.372 e. The van der Waals surface area contributed by atoms with Crippen molar-refractivity contribution in [1.29, 1.82) is 0 Å². The molecule has 0 aliphatic heterocycles. The molecule has 0 saturated heterocycles. The van der Waals surface area contributed by atoms with Crippen molar-refractivity contribution in [2.45, 2.75) is 57.6 Å². The van der Waals surface area contributed by atoms with Gasteiger partial charge in [0.2, 0.25) is 17.8 Å². The molecule has 0 aromatic heterocycles. The van der Waals surface area contributed by atoms with Gasteiger partial charge in [-0.2, -0.15) is 0 Å². The highest BCUT2D eigenvalue weighted by molar-refractivity contribution is 6.32. The van der Waals surface area contributed by atoms with E-state index >= 15 is 0 Å². The third-order valence-electron chi connectivity index (χ3n) is 4.65. The number of carbonyl (C=O) groups is 5. The normalized spacial score (nSPS) is 12.4. The van der Waals surface area contributed by atoms with E-state index in [4.69, 9.17) is 20.1 Å². The molecule has 182 valence electrons. The van der Waals surface area contributed by atoms with Crippen LogP contribution in [0, 0.1) is 0 Å². The lowest BCUT2D eigenvalue weighted by Crippen LogP contribution is -2.46. The summed E-state index contributed by atoms with van der Waals surface area (Å²) in [6, 6.07) is 5.43. The number of ether oxygens (including phenoxy) is 1. The first kappa shape index (κ1) is 27.6. The van der Waals surface area contributed by atoms with Crippen molar-refractivity contribution < 1.29 is 44.0 Å². The maximum atomic E-state index is 12.6. The van der Waals surface area contributed by atoms with Crippen LogP contribution in [0.15, 0.2) is 24.3 Å². The second kappa shape index (κ2) is 14.6. The Balaban J connectivity index is 2.79. The topological polar surface area (TPSA) is 179 Å². The molecule has 0 saturated carbocycles. The minimum absolute atomic E-state index is 0.00878. The number of unbranched alkanes of at least 4 members (excludes halogenated alkanes) is 2. The SMILES string of the molecule is CCCCCNC(=O)C(Cc1ccc(O[C@@H](CC(=O)O)C(=O)O)cc1)NCCC(=O)C(=O)O. The summed E-state index contributed by atoms with van der Waals surface area (Å²) in [5, 5.41) is 32.3. The number of carbonyl (C=O) groups excluding carboxylic acids is 2. The third kappa shape index (κ3) is 11.1. The Morgan fingerprint density at radius 1 is 0.970 bits per heavy atom. The lowest BCUT2D eigenvalue weighted by atomic mass is 10.0. The number of hydrogen-bond acceptors (Lipinski definition) is 7. The highest BCUT2D eigenvalue weighted by Crippen LogP contribution is 2.16. The average molecular weight is 466 g/mol. The molecular weight excluding hydrogens is 436 g/mol. The number of hydrogen-bond donors (Lipinski definition) is 5. The molecule has 0 radical (unpaired) electrons. The van der Waals surface area contributed by atoms with Gasteiger partial charge in [-0.15, -0.1) is 0 Å². The number of carboxylic acid groups (broad SMARTS) is 3. The molecule has 1 unspecified atom stereocenters. The molecule has 11 heteroatoms. The van der Waals surface area contributed by atoms with Crippen LogP contribution < -0.4 is 15.4 Å². The number of nitrogens with one attached hydrogen (secondary N) is 2. The molecule has 0 fully saturated rings. The van der Waals surface area contributed by atoms with Crippen LogP contribution in [0.1, 0.15) is 44.6 Å². The van der Waals surface area contributed by atoms with E-state index in [9.17, 15) is 24.0 Å². The van der Waals surface area contributed by atoms with Crippen molar-refractivity contribution in [2.24, 2.45) is 0 Å². The molecule has 2 atom stereocenters. The van der Waals surface area contributed by atoms with Gasteiger partial charge >= 0.3 is 17.9 Å². The van der Waals surface area contributed by atoms with Crippen molar-refractivity contribution in [3.63, 3.8) is 0 Å². The summed E-state index contributed by atoms with van der Waals surface area (Å²) in [5.74, 6) is -5.33. The van der Waals surface area contributed by atoms with Crippen LogP contribution in [0.25, 0.3) is 0 Å². The number of amides is 1. The Morgan fingerprint density at radius 3 is 2.18 bits per heavy atom. The Bertz CT molecular complexity index is 824. The minimum Gasteiger partial charge on any atom is -0.481 e. The second-order valence-electron chi connectivity index (χ2n) is 7.37. The Hall–Kier alpha value is -3.47. The van der Waals surface area contributed by atoms with Crippen LogP contribution in [0.5, 0.6) is 5.75 Å². The molecule has 1 amide bonds. The zero-order chi connectivity index (χ0) is 24.8. The van der Waals surface area contributed by atoms with Gasteiger partial charge in [0, 0.05) is 19.5 Å². The Morgan fingerprint density at radius 2 is 1.64 bits per heavy atom. The fraction of sp³-hybridized carbons (Fsp3) is 0.500. The molecule has 1 aromatic rings. The van der Waals surface area contributed by atoms with Gasteiger partial charge < -0.3 is 30.7 Å². The van der Waals surface area contributed by atoms with Crippen LogP contribution in [0.3, 0.4) is 0 Å². The van der Waals surface area contributed by atoms with E-state index in [1.165, 1.54) is 12.1 Å². The summed E-state index contributed by atoms with van der Waals surface area (Å²) in [5.41, 5.74) is 0.693. The highest BCUT2D eigenvalue weighted by Gasteiger charge is 2.23. The van der Waals surface area contributed by atoms with E-state index in [1.54, 1.807) is 12.1 Å². The van der Waals surface area contributed by atoms with Gasteiger partial charge in [0.25, 0.3) is 0 Å². The molecule has 0 heterocycles. The molecule has 11 nitrogen and oxygen atoms in total. The average Bonchev–Trinajstić information content (AvgIpc) is 2.76. The van der Waals surface area contributed by atoms with Crippen LogP contribution in [0.4, 0.5) is 0 Å². The van der Waals surface area contributed by atoms with Crippen LogP contribution >= 0.6 is 0 Å². The zero-order valence-electron chi connectivity index (χ0n) is 18.4. The summed E-state index contributed by atoms with van der Waals surface area (Å²) < 4.78 is 5.22. The van der Waals surface area contributed by atoms with Gasteiger partial charge in [0.1, 0.15) is 5.75 Å². The number of rotatable bonds is 17. The summed E-state index contributed by atoms with van der Waals surface area (Å²) in [4.78, 5) is 56.5. The van der Waals surface area contributed by atoms with Crippen LogP contribution in [-0.2, 0) is 30.4 Å². The largest absolute Gasteiger partial charge is 0.481 e. The van der Waals surface area contributed by atoms with Gasteiger partial charge in [-0.3, -0.25) is 14.4 Å². The molecule has 0 aliphatic rings. The van der Waals surface area contributed by atoms with Gasteiger partial charge in [0.15, 0.2) is 0 Å². The van der Waals surface area contributed by atoms with E-state index in [0.717, 1.165) is 19.3 Å². The standard InChI is InChI=1S/C22H30N2O9/c1-2-3-4-10-24-20(28)16(23-11-9-17(25)21(29)30)12-14-5-7-15(8-6-14)33-18(22(31)32)13-19(26)27/h5-8,16,18,23H,2-4,9-13H2,1H3,(H,24,28)(H,26,27)(H,29,30)(H,31,32)/t16?,18-/m0/s1. The maximum absolute atomic E-state index is 12.6. The van der Waals surface area contributed by atoms with Gasteiger partial charge in [-0.1, -0.05) is 31.9 Å². The third-order valence-corrected chi connectivity index (χ3v) is 4.65.